The zero-order valence-electron chi connectivity index (χ0n) is 11.7. The van der Waals surface area contributed by atoms with Crippen LogP contribution < -0.4 is 11.1 Å². The van der Waals surface area contributed by atoms with Gasteiger partial charge >= 0.3 is 6.03 Å². The van der Waals surface area contributed by atoms with Gasteiger partial charge in [0.1, 0.15) is 0 Å². The van der Waals surface area contributed by atoms with Crippen molar-refractivity contribution in [3.05, 3.63) is 34.3 Å². The van der Waals surface area contributed by atoms with E-state index in [4.69, 9.17) is 10.5 Å². The lowest BCUT2D eigenvalue weighted by Gasteiger charge is -2.36. The summed E-state index contributed by atoms with van der Waals surface area (Å²) in [6.45, 7) is 3.51. The van der Waals surface area contributed by atoms with Crippen LogP contribution >= 0.6 is 15.9 Å². The van der Waals surface area contributed by atoms with Crippen LogP contribution in [-0.2, 0) is 9.53 Å². The lowest BCUT2D eigenvalue weighted by atomic mass is 10.1. The van der Waals surface area contributed by atoms with Crippen LogP contribution in [0.15, 0.2) is 28.7 Å². The van der Waals surface area contributed by atoms with Gasteiger partial charge in [-0.15, -0.1) is 0 Å². The lowest BCUT2D eigenvalue weighted by molar-refractivity contribution is -0.128. The summed E-state index contributed by atoms with van der Waals surface area (Å²) in [5.74, 6) is -0.391. The molecule has 3 amide bonds. The molecular formula is C14H18BrN3O3. The summed E-state index contributed by atoms with van der Waals surface area (Å²) in [4.78, 5) is 24.6. The van der Waals surface area contributed by atoms with Crippen LogP contribution in [0.5, 0.6) is 0 Å². The third-order valence-electron chi connectivity index (χ3n) is 3.49. The third-order valence-corrected chi connectivity index (χ3v) is 3.99. The van der Waals surface area contributed by atoms with Crippen molar-refractivity contribution in [3.8, 4) is 0 Å². The van der Waals surface area contributed by atoms with E-state index in [2.05, 4.69) is 21.2 Å². The number of amides is 3. The second-order valence-corrected chi connectivity index (χ2v) is 5.85. The van der Waals surface area contributed by atoms with Gasteiger partial charge in [0.2, 0.25) is 5.91 Å². The number of nitrogens with one attached hydrogen (secondary N) is 1. The van der Waals surface area contributed by atoms with E-state index in [-0.39, 0.29) is 6.10 Å². The normalized spacial score (nSPS) is 20.8. The number of hydrogen-bond donors (Lipinski definition) is 2. The van der Waals surface area contributed by atoms with E-state index in [1.807, 2.05) is 29.2 Å². The minimum absolute atomic E-state index is 0.0971. The number of hydrogen-bond acceptors (Lipinski definition) is 4. The zero-order valence-corrected chi connectivity index (χ0v) is 13.3. The van der Waals surface area contributed by atoms with Crippen LogP contribution in [-0.4, -0.2) is 42.6 Å². The monoisotopic (exact) mass is 355 g/mol. The summed E-state index contributed by atoms with van der Waals surface area (Å²) in [7, 11) is 0. The van der Waals surface area contributed by atoms with Crippen molar-refractivity contribution < 1.29 is 14.3 Å². The average molecular weight is 356 g/mol. The van der Waals surface area contributed by atoms with Crippen LogP contribution in [0, 0.1) is 0 Å². The summed E-state index contributed by atoms with van der Waals surface area (Å²) in [5.41, 5.74) is 6.03. The molecular weight excluding hydrogens is 338 g/mol. The van der Waals surface area contributed by atoms with Gasteiger partial charge in [0.15, 0.2) is 0 Å². The molecule has 1 aromatic rings. The molecule has 1 aliphatic rings. The highest BCUT2D eigenvalue weighted by Crippen LogP contribution is 2.25. The molecule has 0 aromatic heterocycles. The molecule has 1 aliphatic heterocycles. The van der Waals surface area contributed by atoms with Gasteiger partial charge in [-0.2, -0.15) is 0 Å². The van der Waals surface area contributed by atoms with Gasteiger partial charge in [0.25, 0.3) is 0 Å². The smallest absolute Gasteiger partial charge is 0.318 e. The topological polar surface area (TPSA) is 84.7 Å². The highest BCUT2D eigenvalue weighted by atomic mass is 79.9. The van der Waals surface area contributed by atoms with Gasteiger partial charge in [-0.1, -0.05) is 28.1 Å². The maximum atomic E-state index is 11.8. The van der Waals surface area contributed by atoms with E-state index in [1.165, 1.54) is 0 Å². The maximum Gasteiger partial charge on any atom is 0.318 e. The van der Waals surface area contributed by atoms with Crippen LogP contribution in [0.2, 0.25) is 0 Å². The number of nitrogens with zero attached hydrogens (tertiary/aromatic N) is 1. The molecule has 2 rings (SSSR count). The molecule has 0 unspecified atom stereocenters. The van der Waals surface area contributed by atoms with Crippen molar-refractivity contribution in [3.63, 3.8) is 0 Å². The van der Waals surface area contributed by atoms with Crippen molar-refractivity contribution in [2.24, 2.45) is 5.73 Å². The van der Waals surface area contributed by atoms with E-state index in [1.54, 1.807) is 6.92 Å². The van der Waals surface area contributed by atoms with Gasteiger partial charge in [-0.05, 0) is 24.6 Å². The molecule has 1 aromatic carbocycles. The molecule has 21 heavy (non-hydrogen) atoms. The number of imide groups is 1. The summed E-state index contributed by atoms with van der Waals surface area (Å²) in [5, 5.41) is 2.11. The van der Waals surface area contributed by atoms with E-state index in [0.717, 1.165) is 10.0 Å². The Labute approximate surface area is 131 Å². The average Bonchev–Trinajstić information content (AvgIpc) is 2.46. The lowest BCUT2D eigenvalue weighted by Crippen LogP contribution is -2.52. The predicted octanol–water partition coefficient (Wildman–Crippen LogP) is 1.41. The number of benzene rings is 1. The van der Waals surface area contributed by atoms with Crippen LogP contribution in [0.1, 0.15) is 18.6 Å². The first kappa shape index (κ1) is 15.9. The molecule has 1 saturated heterocycles. The molecule has 1 fully saturated rings. The van der Waals surface area contributed by atoms with Gasteiger partial charge in [-0.3, -0.25) is 15.0 Å². The maximum absolute atomic E-state index is 11.8. The van der Waals surface area contributed by atoms with E-state index >= 15 is 0 Å². The summed E-state index contributed by atoms with van der Waals surface area (Å²) in [6.07, 6.45) is -0.0971. The minimum Gasteiger partial charge on any atom is -0.371 e. The van der Waals surface area contributed by atoms with E-state index in [0.29, 0.717) is 19.7 Å². The quantitative estimate of drug-likeness (QED) is 0.858. The Morgan fingerprint density at radius 2 is 2.29 bits per heavy atom. The molecule has 0 spiro atoms. The van der Waals surface area contributed by atoms with Crippen LogP contribution in [0.4, 0.5) is 4.79 Å². The number of ether oxygens (including phenoxy) is 1. The minimum atomic E-state index is -0.830. The molecule has 2 atom stereocenters. The molecule has 0 radical (unpaired) electrons. The fraction of sp³-hybridized carbons (Fsp3) is 0.429. The first-order valence-electron chi connectivity index (χ1n) is 6.69. The highest BCUT2D eigenvalue weighted by molar-refractivity contribution is 9.10. The Kier molecular flexibility index (Phi) is 5.33. The number of morpholine rings is 1. The number of carbonyl (C=O) groups excluding carboxylic acids is 2. The number of primary amides is 1. The molecule has 0 aliphatic carbocycles. The van der Waals surface area contributed by atoms with Crippen molar-refractivity contribution in [1.82, 2.24) is 10.2 Å². The second kappa shape index (κ2) is 7.02. The molecule has 6 nitrogen and oxygen atoms in total. The number of halogens is 1. The van der Waals surface area contributed by atoms with E-state index in [9.17, 15) is 9.59 Å². The summed E-state index contributed by atoms with van der Waals surface area (Å²) in [6, 6.07) is 6.63. The molecule has 3 N–H and O–H groups in total. The van der Waals surface area contributed by atoms with Crippen molar-refractivity contribution in [1.29, 1.82) is 0 Å². The van der Waals surface area contributed by atoms with Crippen LogP contribution in [0.3, 0.4) is 0 Å². The molecule has 7 heteroatoms. The Hall–Kier alpha value is -1.44. The Morgan fingerprint density at radius 3 is 2.95 bits per heavy atom. The number of rotatable bonds is 3. The van der Waals surface area contributed by atoms with Crippen molar-refractivity contribution in [2.75, 3.05) is 19.7 Å². The number of urea groups is 1. The fourth-order valence-corrected chi connectivity index (χ4v) is 2.74. The first-order valence-corrected chi connectivity index (χ1v) is 7.48. The standard InChI is InChI=1S/C14H18BrN3O3/c1-9(13(19)17-14(16)20)18-5-6-21-12(8-18)10-3-2-4-11(15)7-10/h2-4,7,9,12H,5-6,8H2,1H3,(H3,16,17,19,20)/t9-,12-/m0/s1. The van der Waals surface area contributed by atoms with Crippen molar-refractivity contribution >= 4 is 27.9 Å². The fourth-order valence-electron chi connectivity index (χ4n) is 2.32. The Balaban J connectivity index is 2.03. The Bertz CT molecular complexity index is 538. The zero-order chi connectivity index (χ0) is 15.4. The summed E-state index contributed by atoms with van der Waals surface area (Å²) < 4.78 is 6.76. The predicted molar refractivity (Wildman–Crippen MR) is 81.6 cm³/mol. The third kappa shape index (κ3) is 4.26. The molecule has 0 saturated carbocycles. The first-order chi connectivity index (χ1) is 9.97. The van der Waals surface area contributed by atoms with Crippen molar-refractivity contribution in [2.45, 2.75) is 19.1 Å². The molecule has 1 heterocycles. The van der Waals surface area contributed by atoms with Gasteiger partial charge in [0.05, 0.1) is 18.8 Å². The Morgan fingerprint density at radius 1 is 1.52 bits per heavy atom. The second-order valence-electron chi connectivity index (χ2n) is 4.94. The highest BCUT2D eigenvalue weighted by Gasteiger charge is 2.29. The molecule has 114 valence electrons. The molecule has 0 bridgehead atoms. The largest absolute Gasteiger partial charge is 0.371 e. The number of carbonyl (C=O) groups is 2. The SMILES string of the molecule is C[C@@H](C(=O)NC(N)=O)N1CCO[C@H](c2cccc(Br)c2)C1. The van der Waals surface area contributed by atoms with Gasteiger partial charge < -0.3 is 10.5 Å². The summed E-state index contributed by atoms with van der Waals surface area (Å²) >= 11 is 3.44. The number of nitrogens with two attached hydrogens (primary N) is 1. The van der Waals surface area contributed by atoms with Gasteiger partial charge in [-0.25, -0.2) is 4.79 Å². The van der Waals surface area contributed by atoms with Crippen LogP contribution in [0.25, 0.3) is 0 Å². The van der Waals surface area contributed by atoms with Gasteiger partial charge in [0, 0.05) is 17.6 Å². The van der Waals surface area contributed by atoms with E-state index < -0.39 is 18.0 Å².